The Morgan fingerprint density at radius 1 is 1.08 bits per heavy atom. The van der Waals surface area contributed by atoms with Crippen molar-refractivity contribution in [2.45, 2.75) is 59.7 Å². The molecule has 0 bridgehead atoms. The van der Waals surface area contributed by atoms with Crippen LogP contribution in [-0.4, -0.2) is 36.1 Å². The average Bonchev–Trinajstić information content (AvgIpc) is 2.06. The van der Waals surface area contributed by atoms with Crippen LogP contribution in [0.5, 0.6) is 0 Å². The molecule has 13 heavy (non-hydrogen) atoms. The number of piperazine rings is 1. The first kappa shape index (κ1) is 12.9. The van der Waals surface area contributed by atoms with Gasteiger partial charge in [-0.25, -0.2) is 0 Å². The van der Waals surface area contributed by atoms with Gasteiger partial charge in [-0.3, -0.25) is 4.90 Å². The molecule has 1 rings (SSSR count). The normalized spacial score (nSPS) is 29.8. The maximum atomic E-state index is 3.52. The molecule has 2 atom stereocenters. The van der Waals surface area contributed by atoms with Crippen LogP contribution < -0.4 is 5.32 Å². The Hall–Kier alpha value is -0.0800. The van der Waals surface area contributed by atoms with Crippen LogP contribution in [0.4, 0.5) is 0 Å². The van der Waals surface area contributed by atoms with Gasteiger partial charge in [0.1, 0.15) is 0 Å². The molecule has 80 valence electrons. The third-order valence-electron chi connectivity index (χ3n) is 2.32. The summed E-state index contributed by atoms with van der Waals surface area (Å²) < 4.78 is 0. The first-order valence-corrected chi connectivity index (χ1v) is 5.59. The van der Waals surface area contributed by atoms with E-state index in [4.69, 9.17) is 0 Å². The number of hydrogen-bond acceptors (Lipinski definition) is 2. The van der Waals surface area contributed by atoms with Crippen molar-refractivity contribution >= 4 is 0 Å². The van der Waals surface area contributed by atoms with Crippen molar-refractivity contribution in [3.63, 3.8) is 0 Å². The molecule has 0 aromatic heterocycles. The van der Waals surface area contributed by atoms with Crippen LogP contribution in [0.15, 0.2) is 0 Å². The zero-order chi connectivity index (χ0) is 10.4. The highest BCUT2D eigenvalue weighted by molar-refractivity contribution is 4.82. The lowest BCUT2D eigenvalue weighted by Gasteiger charge is -2.38. The van der Waals surface area contributed by atoms with Gasteiger partial charge < -0.3 is 5.32 Å². The maximum Gasteiger partial charge on any atom is 0.0169 e. The Labute approximate surface area is 83.7 Å². The van der Waals surface area contributed by atoms with E-state index in [0.29, 0.717) is 18.1 Å². The van der Waals surface area contributed by atoms with Crippen molar-refractivity contribution < 1.29 is 0 Å². The zero-order valence-corrected chi connectivity index (χ0v) is 10.1. The first-order chi connectivity index (χ1) is 6.09. The minimum Gasteiger partial charge on any atom is -0.309 e. The monoisotopic (exact) mass is 186 g/mol. The van der Waals surface area contributed by atoms with Gasteiger partial charge in [0.25, 0.3) is 0 Å². The van der Waals surface area contributed by atoms with Gasteiger partial charge in [-0.1, -0.05) is 13.8 Å². The molecule has 1 heterocycles. The van der Waals surface area contributed by atoms with E-state index in [1.165, 1.54) is 13.1 Å². The molecule has 0 aliphatic carbocycles. The van der Waals surface area contributed by atoms with Crippen molar-refractivity contribution in [3.05, 3.63) is 0 Å². The Bertz CT molecular complexity index is 113. The molecule has 1 N–H and O–H groups in total. The highest BCUT2D eigenvalue weighted by atomic mass is 15.2. The zero-order valence-electron chi connectivity index (χ0n) is 10.1. The second-order valence-corrected chi connectivity index (χ2v) is 4.02. The summed E-state index contributed by atoms with van der Waals surface area (Å²) in [4.78, 5) is 2.53. The summed E-state index contributed by atoms with van der Waals surface area (Å²) in [6.45, 7) is 15.4. The maximum absolute atomic E-state index is 3.52. The van der Waals surface area contributed by atoms with Crippen LogP contribution in [0.3, 0.4) is 0 Å². The van der Waals surface area contributed by atoms with E-state index in [1.807, 2.05) is 13.8 Å². The van der Waals surface area contributed by atoms with Crippen LogP contribution in [0, 0.1) is 0 Å². The summed E-state index contributed by atoms with van der Waals surface area (Å²) >= 11 is 0. The molecule has 0 amide bonds. The van der Waals surface area contributed by atoms with Crippen molar-refractivity contribution in [3.8, 4) is 0 Å². The van der Waals surface area contributed by atoms with E-state index in [9.17, 15) is 0 Å². The minimum absolute atomic E-state index is 0.654. The van der Waals surface area contributed by atoms with Crippen LogP contribution in [0.25, 0.3) is 0 Å². The van der Waals surface area contributed by atoms with Gasteiger partial charge in [0, 0.05) is 31.2 Å². The minimum atomic E-state index is 0.654. The summed E-state index contributed by atoms with van der Waals surface area (Å²) in [6, 6.07) is 2.00. The third kappa shape index (κ3) is 4.63. The van der Waals surface area contributed by atoms with Crippen LogP contribution in [0.2, 0.25) is 0 Å². The summed E-state index contributed by atoms with van der Waals surface area (Å²) in [5.41, 5.74) is 0. The van der Waals surface area contributed by atoms with Gasteiger partial charge in [-0.15, -0.1) is 0 Å². The molecule has 0 aromatic carbocycles. The van der Waals surface area contributed by atoms with E-state index in [-0.39, 0.29) is 0 Å². The van der Waals surface area contributed by atoms with Crippen molar-refractivity contribution in [1.82, 2.24) is 10.2 Å². The number of rotatable bonds is 1. The van der Waals surface area contributed by atoms with Crippen LogP contribution in [0.1, 0.15) is 41.5 Å². The lowest BCUT2D eigenvalue weighted by Crippen LogP contribution is -2.55. The molecule has 0 spiro atoms. The second-order valence-electron chi connectivity index (χ2n) is 4.02. The SMILES string of the molecule is CC.CC1CN(C(C)C)C[C@H](C)N1. The molecule has 0 radical (unpaired) electrons. The van der Waals surface area contributed by atoms with Gasteiger partial charge >= 0.3 is 0 Å². The van der Waals surface area contributed by atoms with Crippen molar-refractivity contribution in [2.75, 3.05) is 13.1 Å². The van der Waals surface area contributed by atoms with Gasteiger partial charge in [0.15, 0.2) is 0 Å². The summed E-state index contributed by atoms with van der Waals surface area (Å²) in [5.74, 6) is 0. The quantitative estimate of drug-likeness (QED) is 0.674. The lowest BCUT2D eigenvalue weighted by molar-refractivity contribution is 0.139. The molecule has 2 heteroatoms. The molecule has 1 unspecified atom stereocenters. The van der Waals surface area contributed by atoms with E-state index in [0.717, 1.165) is 0 Å². The second kappa shape index (κ2) is 6.39. The summed E-state index contributed by atoms with van der Waals surface area (Å²) in [7, 11) is 0. The van der Waals surface area contributed by atoms with E-state index in [1.54, 1.807) is 0 Å². The smallest absolute Gasteiger partial charge is 0.0169 e. The van der Waals surface area contributed by atoms with Gasteiger partial charge in [0.2, 0.25) is 0 Å². The fourth-order valence-corrected chi connectivity index (χ4v) is 1.79. The van der Waals surface area contributed by atoms with Crippen molar-refractivity contribution in [2.24, 2.45) is 0 Å². The Kier molecular flexibility index (Phi) is 6.35. The fraction of sp³-hybridized carbons (Fsp3) is 1.00. The predicted molar refractivity (Wildman–Crippen MR) is 60.1 cm³/mol. The van der Waals surface area contributed by atoms with Gasteiger partial charge in [0.05, 0.1) is 0 Å². The lowest BCUT2D eigenvalue weighted by atomic mass is 10.1. The van der Waals surface area contributed by atoms with Crippen LogP contribution >= 0.6 is 0 Å². The molecular formula is C11H26N2. The first-order valence-electron chi connectivity index (χ1n) is 5.59. The summed E-state index contributed by atoms with van der Waals surface area (Å²) in [5, 5.41) is 3.52. The van der Waals surface area contributed by atoms with Gasteiger partial charge in [-0.05, 0) is 27.7 Å². The Balaban J connectivity index is 0.000000671. The fourth-order valence-electron chi connectivity index (χ4n) is 1.79. The van der Waals surface area contributed by atoms with E-state index >= 15 is 0 Å². The highest BCUT2D eigenvalue weighted by Crippen LogP contribution is 2.07. The molecule has 2 nitrogen and oxygen atoms in total. The largest absolute Gasteiger partial charge is 0.309 e. The highest BCUT2D eigenvalue weighted by Gasteiger charge is 2.21. The van der Waals surface area contributed by atoms with Gasteiger partial charge in [-0.2, -0.15) is 0 Å². The van der Waals surface area contributed by atoms with Crippen LogP contribution in [-0.2, 0) is 0 Å². The number of nitrogens with zero attached hydrogens (tertiary/aromatic N) is 1. The standard InChI is InChI=1S/C9H20N2.C2H6/c1-7(2)11-5-8(3)10-9(4)6-11;1-2/h7-10H,5-6H2,1-4H3;1-2H3/t8-,9?;/m0./s1. The molecule has 1 saturated heterocycles. The Morgan fingerprint density at radius 2 is 1.46 bits per heavy atom. The molecule has 1 aliphatic rings. The molecule has 0 aromatic rings. The summed E-state index contributed by atoms with van der Waals surface area (Å²) in [6.07, 6.45) is 0. The Morgan fingerprint density at radius 3 is 1.77 bits per heavy atom. The van der Waals surface area contributed by atoms with Crippen molar-refractivity contribution in [1.29, 1.82) is 0 Å². The average molecular weight is 186 g/mol. The molecule has 1 aliphatic heterocycles. The number of hydrogen-bond donors (Lipinski definition) is 1. The predicted octanol–water partition coefficient (Wildman–Crippen LogP) is 2.10. The topological polar surface area (TPSA) is 15.3 Å². The molecular weight excluding hydrogens is 160 g/mol. The molecule has 1 fully saturated rings. The molecule has 0 saturated carbocycles. The third-order valence-corrected chi connectivity index (χ3v) is 2.32. The van der Waals surface area contributed by atoms with E-state index < -0.39 is 0 Å². The van der Waals surface area contributed by atoms with E-state index in [2.05, 4.69) is 37.9 Å². The number of nitrogens with one attached hydrogen (secondary N) is 1.